The van der Waals surface area contributed by atoms with E-state index in [0.717, 1.165) is 13.8 Å². The van der Waals surface area contributed by atoms with Crippen LogP contribution in [0.15, 0.2) is 0 Å². The van der Waals surface area contributed by atoms with Crippen LogP contribution >= 0.6 is 0 Å². The summed E-state index contributed by atoms with van der Waals surface area (Å²) in [5.41, 5.74) is 0. The average molecular weight is 306 g/mol. The summed E-state index contributed by atoms with van der Waals surface area (Å²) < 4.78 is 19.6. The minimum Gasteiger partial charge on any atom is -0.463 e. The number of hydrogen-bond donors (Lipinski definition) is 2. The number of rotatable bonds is 4. The lowest BCUT2D eigenvalue weighted by atomic mass is 9.98. The first-order valence-corrected chi connectivity index (χ1v) is 6.21. The van der Waals surface area contributed by atoms with E-state index in [1.807, 2.05) is 0 Å². The van der Waals surface area contributed by atoms with E-state index in [9.17, 15) is 24.6 Å². The SMILES string of the molecule is CC(=O)OC[C@H]1OC(O)[C@@H](O)[C@@H](OC(C)=O)[C@@H]1OC(C)=O. The third-order valence-electron chi connectivity index (χ3n) is 2.69. The molecule has 1 fully saturated rings. The molecule has 0 amide bonds. The van der Waals surface area contributed by atoms with Crippen molar-refractivity contribution in [3.8, 4) is 0 Å². The zero-order valence-corrected chi connectivity index (χ0v) is 11.8. The zero-order valence-electron chi connectivity index (χ0n) is 11.8. The minimum atomic E-state index is -1.68. The van der Waals surface area contributed by atoms with Gasteiger partial charge in [-0.25, -0.2) is 0 Å². The van der Waals surface area contributed by atoms with E-state index in [-0.39, 0.29) is 6.61 Å². The van der Waals surface area contributed by atoms with Crippen molar-refractivity contribution in [2.45, 2.75) is 51.5 Å². The van der Waals surface area contributed by atoms with Crippen molar-refractivity contribution in [1.82, 2.24) is 0 Å². The largest absolute Gasteiger partial charge is 0.463 e. The van der Waals surface area contributed by atoms with E-state index in [0.29, 0.717) is 0 Å². The molecule has 0 bridgehead atoms. The molecule has 1 heterocycles. The van der Waals surface area contributed by atoms with Gasteiger partial charge in [0, 0.05) is 20.8 Å². The number of carbonyl (C=O) groups is 3. The van der Waals surface area contributed by atoms with E-state index >= 15 is 0 Å². The summed E-state index contributed by atoms with van der Waals surface area (Å²) in [6.07, 6.45) is -6.92. The Hall–Kier alpha value is -1.71. The van der Waals surface area contributed by atoms with E-state index in [4.69, 9.17) is 18.9 Å². The Morgan fingerprint density at radius 2 is 1.48 bits per heavy atom. The van der Waals surface area contributed by atoms with Gasteiger partial charge in [0.1, 0.15) is 18.8 Å². The van der Waals surface area contributed by atoms with Gasteiger partial charge in [-0.05, 0) is 0 Å². The highest BCUT2D eigenvalue weighted by atomic mass is 16.7. The molecular weight excluding hydrogens is 288 g/mol. The van der Waals surface area contributed by atoms with E-state index in [1.165, 1.54) is 6.92 Å². The molecule has 9 nitrogen and oxygen atoms in total. The molecule has 120 valence electrons. The Balaban J connectivity index is 2.94. The lowest BCUT2D eigenvalue weighted by molar-refractivity contribution is -0.293. The molecule has 1 unspecified atom stereocenters. The first kappa shape index (κ1) is 17.3. The van der Waals surface area contributed by atoms with Gasteiger partial charge in [-0.2, -0.15) is 0 Å². The van der Waals surface area contributed by atoms with Crippen LogP contribution in [0.1, 0.15) is 20.8 Å². The molecule has 2 N–H and O–H groups in total. The van der Waals surface area contributed by atoms with Crippen molar-refractivity contribution >= 4 is 17.9 Å². The Labute approximate surface area is 120 Å². The monoisotopic (exact) mass is 306 g/mol. The topological polar surface area (TPSA) is 129 Å². The minimum absolute atomic E-state index is 0.338. The van der Waals surface area contributed by atoms with Crippen LogP contribution in [0.3, 0.4) is 0 Å². The molecule has 0 aromatic heterocycles. The highest BCUT2D eigenvalue weighted by molar-refractivity contribution is 5.67. The molecule has 1 saturated heterocycles. The molecule has 0 saturated carbocycles. The summed E-state index contributed by atoms with van der Waals surface area (Å²) in [6.45, 7) is 3.04. The summed E-state index contributed by atoms with van der Waals surface area (Å²) in [7, 11) is 0. The molecular formula is C12H18O9. The van der Waals surface area contributed by atoms with Crippen molar-refractivity contribution in [3.05, 3.63) is 0 Å². The average Bonchev–Trinajstić information content (AvgIpc) is 2.35. The lowest BCUT2D eigenvalue weighted by Crippen LogP contribution is -2.61. The second-order valence-electron chi connectivity index (χ2n) is 4.51. The maximum atomic E-state index is 11.1. The van der Waals surface area contributed by atoms with Crippen molar-refractivity contribution in [2.75, 3.05) is 6.61 Å². The molecule has 1 aliphatic rings. The standard InChI is InChI=1S/C12H18O9/c1-5(13)18-4-8-10(19-6(2)14)11(20-7(3)15)9(16)12(17)21-8/h8-12,16-17H,4H2,1-3H3/t8-,9+,10-,11-,12?/m1/s1. The van der Waals surface area contributed by atoms with Gasteiger partial charge < -0.3 is 29.2 Å². The number of esters is 3. The first-order chi connectivity index (χ1) is 9.72. The predicted molar refractivity (Wildman–Crippen MR) is 64.6 cm³/mol. The van der Waals surface area contributed by atoms with Crippen molar-refractivity contribution < 1.29 is 43.5 Å². The van der Waals surface area contributed by atoms with Gasteiger partial charge in [-0.1, -0.05) is 0 Å². The fourth-order valence-electron chi connectivity index (χ4n) is 1.90. The number of aliphatic hydroxyl groups excluding tert-OH is 2. The number of hydrogen-bond acceptors (Lipinski definition) is 9. The van der Waals surface area contributed by atoms with Gasteiger partial charge in [0.25, 0.3) is 0 Å². The van der Waals surface area contributed by atoms with Crippen molar-refractivity contribution in [2.24, 2.45) is 0 Å². The molecule has 0 radical (unpaired) electrons. The van der Waals surface area contributed by atoms with E-state index in [1.54, 1.807) is 0 Å². The second-order valence-corrected chi connectivity index (χ2v) is 4.51. The van der Waals surface area contributed by atoms with Crippen molar-refractivity contribution in [3.63, 3.8) is 0 Å². The smallest absolute Gasteiger partial charge is 0.303 e. The van der Waals surface area contributed by atoms with E-state index in [2.05, 4.69) is 0 Å². The zero-order chi connectivity index (χ0) is 16.2. The van der Waals surface area contributed by atoms with Gasteiger partial charge >= 0.3 is 17.9 Å². The quantitative estimate of drug-likeness (QED) is 0.470. The van der Waals surface area contributed by atoms with Gasteiger partial charge in [0.2, 0.25) is 0 Å². The normalized spacial score (nSPS) is 32.1. The third kappa shape index (κ3) is 4.96. The Kier molecular flexibility index (Phi) is 6.06. The summed E-state index contributed by atoms with van der Waals surface area (Å²) in [5.74, 6) is -2.06. The van der Waals surface area contributed by atoms with Crippen LogP contribution in [0.4, 0.5) is 0 Å². The van der Waals surface area contributed by atoms with Gasteiger partial charge in [0.05, 0.1) is 0 Å². The van der Waals surface area contributed by atoms with Crippen LogP contribution in [0, 0.1) is 0 Å². The van der Waals surface area contributed by atoms with Crippen molar-refractivity contribution in [1.29, 1.82) is 0 Å². The van der Waals surface area contributed by atoms with Crippen LogP contribution in [-0.2, 0) is 33.3 Å². The van der Waals surface area contributed by atoms with Crippen LogP contribution in [0.2, 0.25) is 0 Å². The van der Waals surface area contributed by atoms with Crippen LogP contribution in [0.25, 0.3) is 0 Å². The summed E-state index contributed by atoms with van der Waals surface area (Å²) >= 11 is 0. The first-order valence-electron chi connectivity index (χ1n) is 6.21. The van der Waals surface area contributed by atoms with Crippen LogP contribution in [-0.4, -0.2) is 65.4 Å². The highest BCUT2D eigenvalue weighted by Crippen LogP contribution is 2.25. The van der Waals surface area contributed by atoms with Crippen LogP contribution in [0.5, 0.6) is 0 Å². The third-order valence-corrected chi connectivity index (χ3v) is 2.69. The molecule has 5 atom stereocenters. The number of carbonyl (C=O) groups excluding carboxylic acids is 3. The lowest BCUT2D eigenvalue weighted by Gasteiger charge is -2.41. The second kappa shape index (κ2) is 7.34. The number of aliphatic hydroxyl groups is 2. The molecule has 21 heavy (non-hydrogen) atoms. The molecule has 0 aromatic carbocycles. The maximum absolute atomic E-state index is 11.1. The number of ether oxygens (including phenoxy) is 4. The highest BCUT2D eigenvalue weighted by Gasteiger charge is 2.49. The maximum Gasteiger partial charge on any atom is 0.303 e. The molecule has 1 aliphatic heterocycles. The summed E-state index contributed by atoms with van der Waals surface area (Å²) in [5, 5.41) is 19.4. The predicted octanol–water partition coefficient (Wildman–Crippen LogP) is -1.51. The fraction of sp³-hybridized carbons (Fsp3) is 0.750. The Morgan fingerprint density at radius 3 is 1.95 bits per heavy atom. The summed E-state index contributed by atoms with van der Waals surface area (Å²) in [4.78, 5) is 33.1. The van der Waals surface area contributed by atoms with E-state index < -0.39 is 48.6 Å². The van der Waals surface area contributed by atoms with Crippen LogP contribution < -0.4 is 0 Å². The fourth-order valence-corrected chi connectivity index (χ4v) is 1.90. The molecule has 0 aromatic rings. The molecule has 1 rings (SSSR count). The molecule has 0 aliphatic carbocycles. The molecule has 9 heteroatoms. The van der Waals surface area contributed by atoms with Gasteiger partial charge in [0.15, 0.2) is 18.5 Å². The van der Waals surface area contributed by atoms with Gasteiger partial charge in [-0.15, -0.1) is 0 Å². The molecule has 0 spiro atoms. The van der Waals surface area contributed by atoms with Gasteiger partial charge in [-0.3, -0.25) is 14.4 Å². The Morgan fingerprint density at radius 1 is 0.952 bits per heavy atom. The summed E-state index contributed by atoms with van der Waals surface area (Å²) in [6, 6.07) is 0. The Bertz CT molecular complexity index is 408.